The quantitative estimate of drug-likeness (QED) is 0.763. The molecule has 0 aliphatic carbocycles. The first-order chi connectivity index (χ1) is 9.30. The van der Waals surface area contributed by atoms with Gasteiger partial charge in [-0.2, -0.15) is 0 Å². The van der Waals surface area contributed by atoms with Crippen LogP contribution in [0.1, 0.15) is 13.8 Å². The molecule has 0 saturated carbocycles. The zero-order valence-electron chi connectivity index (χ0n) is 10.8. The van der Waals surface area contributed by atoms with Gasteiger partial charge in [-0.15, -0.1) is 10.2 Å². The van der Waals surface area contributed by atoms with Crippen molar-refractivity contribution in [1.82, 2.24) is 19.7 Å². The Balaban J connectivity index is 2.66. The van der Waals surface area contributed by atoms with Gasteiger partial charge in [0.1, 0.15) is 5.69 Å². The first-order valence-electron chi connectivity index (χ1n) is 5.79. The summed E-state index contributed by atoms with van der Waals surface area (Å²) in [6.07, 6.45) is 1.60. The minimum atomic E-state index is -3.96. The molecule has 0 aliphatic rings. The number of hydrogen-bond donors (Lipinski definition) is 0. The number of nitrogens with zero attached hydrogens (tertiary/aromatic N) is 4. The summed E-state index contributed by atoms with van der Waals surface area (Å²) >= 11 is 3.37. The molecule has 2 rings (SSSR count). The molecule has 0 bridgehead atoms. The highest BCUT2D eigenvalue weighted by Crippen LogP contribution is 2.27. The van der Waals surface area contributed by atoms with Crippen molar-refractivity contribution in [2.45, 2.75) is 25.5 Å². The molecule has 0 spiro atoms. The van der Waals surface area contributed by atoms with E-state index >= 15 is 0 Å². The summed E-state index contributed by atoms with van der Waals surface area (Å²) in [7, 11) is 1.44. The molecule has 2 aromatic heterocycles. The van der Waals surface area contributed by atoms with Crippen molar-refractivity contribution in [3.05, 3.63) is 22.8 Å². The molecule has 2 aromatic rings. The van der Waals surface area contributed by atoms with Gasteiger partial charge in [0.25, 0.3) is 14.2 Å². The molecular weight excluding hydrogens is 368 g/mol. The van der Waals surface area contributed by atoms with Crippen molar-refractivity contribution in [3.63, 3.8) is 0 Å². The summed E-state index contributed by atoms with van der Waals surface area (Å²) in [6.45, 7) is 4.34. The van der Waals surface area contributed by atoms with Crippen LogP contribution in [0.4, 0.5) is 0 Å². The van der Waals surface area contributed by atoms with E-state index in [-0.39, 0.29) is 11.1 Å². The average molecular weight is 380 g/mol. The first kappa shape index (κ1) is 15.4. The van der Waals surface area contributed by atoms with Gasteiger partial charge in [0.2, 0.25) is 0 Å². The molecule has 0 aromatic carbocycles. The average Bonchev–Trinajstić information content (AvgIpc) is 2.72. The smallest absolute Gasteiger partial charge is 0.295 e. The summed E-state index contributed by atoms with van der Waals surface area (Å²) in [5.74, 6) is 0.565. The van der Waals surface area contributed by atoms with Crippen molar-refractivity contribution < 1.29 is 8.42 Å². The fourth-order valence-corrected chi connectivity index (χ4v) is 3.06. The van der Waals surface area contributed by atoms with Gasteiger partial charge in [-0.05, 0) is 34.0 Å². The lowest BCUT2D eigenvalue weighted by atomic mass is 10.2. The SMILES string of the molecule is CC(C)Cn1c(-c2ncccc2Br)nnc1S(=O)(=O)Cl. The lowest BCUT2D eigenvalue weighted by Gasteiger charge is -2.11. The molecular formula is C11H12BrClN4O2S. The molecule has 0 radical (unpaired) electrons. The Morgan fingerprint density at radius 2 is 2.10 bits per heavy atom. The summed E-state index contributed by atoms with van der Waals surface area (Å²) in [4.78, 5) is 4.20. The molecule has 9 heteroatoms. The molecule has 0 atom stereocenters. The van der Waals surface area contributed by atoms with Crippen LogP contribution in [0.5, 0.6) is 0 Å². The van der Waals surface area contributed by atoms with Gasteiger partial charge in [-0.3, -0.25) is 9.55 Å². The maximum atomic E-state index is 11.6. The van der Waals surface area contributed by atoms with E-state index in [1.807, 2.05) is 13.8 Å². The maximum absolute atomic E-state index is 11.6. The number of aromatic nitrogens is 4. The fourth-order valence-electron chi connectivity index (χ4n) is 1.72. The van der Waals surface area contributed by atoms with Gasteiger partial charge >= 0.3 is 0 Å². The molecule has 20 heavy (non-hydrogen) atoms. The van der Waals surface area contributed by atoms with E-state index in [0.29, 0.717) is 22.5 Å². The van der Waals surface area contributed by atoms with Crippen LogP contribution in [0.25, 0.3) is 11.5 Å². The Morgan fingerprint density at radius 3 is 2.65 bits per heavy atom. The number of rotatable bonds is 4. The van der Waals surface area contributed by atoms with Crippen LogP contribution < -0.4 is 0 Å². The highest BCUT2D eigenvalue weighted by atomic mass is 79.9. The third kappa shape index (κ3) is 3.18. The van der Waals surface area contributed by atoms with Crippen LogP contribution in [0.2, 0.25) is 0 Å². The third-order valence-electron chi connectivity index (χ3n) is 2.45. The maximum Gasteiger partial charge on any atom is 0.296 e. The van der Waals surface area contributed by atoms with E-state index < -0.39 is 9.05 Å². The van der Waals surface area contributed by atoms with Crippen molar-refractivity contribution in [3.8, 4) is 11.5 Å². The zero-order valence-corrected chi connectivity index (χ0v) is 13.9. The van der Waals surface area contributed by atoms with Gasteiger partial charge < -0.3 is 0 Å². The van der Waals surface area contributed by atoms with E-state index in [9.17, 15) is 8.42 Å². The molecule has 0 amide bonds. The lowest BCUT2D eigenvalue weighted by Crippen LogP contribution is -2.12. The van der Waals surface area contributed by atoms with E-state index in [1.165, 1.54) is 4.57 Å². The first-order valence-corrected chi connectivity index (χ1v) is 8.89. The second-order valence-corrected chi connectivity index (χ2v) is 7.90. The van der Waals surface area contributed by atoms with Gasteiger partial charge in [-0.25, -0.2) is 8.42 Å². The van der Waals surface area contributed by atoms with Crippen LogP contribution in [-0.2, 0) is 15.6 Å². The van der Waals surface area contributed by atoms with E-state index in [4.69, 9.17) is 10.7 Å². The van der Waals surface area contributed by atoms with Crippen molar-refractivity contribution in [2.24, 2.45) is 5.92 Å². The highest BCUT2D eigenvalue weighted by molar-refractivity contribution is 9.10. The Bertz CT molecular complexity index is 730. The number of pyridine rings is 1. The van der Waals surface area contributed by atoms with E-state index in [1.54, 1.807) is 18.3 Å². The van der Waals surface area contributed by atoms with Crippen LogP contribution in [0.15, 0.2) is 28.0 Å². The fraction of sp³-hybridized carbons (Fsp3) is 0.364. The van der Waals surface area contributed by atoms with Gasteiger partial charge in [0.15, 0.2) is 5.82 Å². The molecule has 0 N–H and O–H groups in total. The normalized spacial score (nSPS) is 12.1. The topological polar surface area (TPSA) is 77.7 Å². The zero-order chi connectivity index (χ0) is 14.9. The number of hydrogen-bond acceptors (Lipinski definition) is 5. The van der Waals surface area contributed by atoms with Crippen LogP contribution in [0.3, 0.4) is 0 Å². The van der Waals surface area contributed by atoms with Crippen molar-refractivity contribution >= 4 is 35.7 Å². The summed E-state index contributed by atoms with van der Waals surface area (Å²) in [6, 6.07) is 3.56. The van der Waals surface area contributed by atoms with Crippen LogP contribution in [0, 0.1) is 5.92 Å². The molecule has 6 nitrogen and oxygen atoms in total. The minimum absolute atomic E-state index is 0.199. The van der Waals surface area contributed by atoms with Crippen LogP contribution >= 0.6 is 26.6 Å². The van der Waals surface area contributed by atoms with Crippen LogP contribution in [-0.4, -0.2) is 28.2 Å². The Labute approximate surface area is 129 Å². The van der Waals surface area contributed by atoms with Gasteiger partial charge in [0.05, 0.1) is 0 Å². The number of halogens is 2. The third-order valence-corrected chi connectivity index (χ3v) is 4.25. The monoisotopic (exact) mass is 378 g/mol. The van der Waals surface area contributed by atoms with E-state index in [2.05, 4.69) is 31.1 Å². The van der Waals surface area contributed by atoms with Gasteiger partial charge in [-0.1, -0.05) is 13.8 Å². The largest absolute Gasteiger partial charge is 0.296 e. The molecule has 0 unspecified atom stereocenters. The van der Waals surface area contributed by atoms with Gasteiger partial charge in [0, 0.05) is 27.9 Å². The Kier molecular flexibility index (Phi) is 4.46. The minimum Gasteiger partial charge on any atom is -0.295 e. The molecule has 108 valence electrons. The van der Waals surface area contributed by atoms with Crippen molar-refractivity contribution in [2.75, 3.05) is 0 Å². The highest BCUT2D eigenvalue weighted by Gasteiger charge is 2.25. The lowest BCUT2D eigenvalue weighted by molar-refractivity contribution is 0.488. The Hall–Kier alpha value is -0.990. The second-order valence-electron chi connectivity index (χ2n) is 4.58. The molecule has 0 saturated heterocycles. The molecule has 0 aliphatic heterocycles. The Morgan fingerprint density at radius 1 is 1.40 bits per heavy atom. The summed E-state index contributed by atoms with van der Waals surface area (Å²) in [5, 5.41) is 7.35. The summed E-state index contributed by atoms with van der Waals surface area (Å²) < 4.78 is 25.3. The summed E-state index contributed by atoms with van der Waals surface area (Å²) in [5.41, 5.74) is 0.521. The molecule has 0 fully saturated rings. The predicted octanol–water partition coefficient (Wildman–Crippen LogP) is 2.69. The molecule has 2 heterocycles. The standard InChI is InChI=1S/C11H12BrClN4O2S/c1-7(2)6-17-10(9-8(12)4-3-5-14-9)15-16-11(17)20(13,18)19/h3-5,7H,6H2,1-2H3. The van der Waals surface area contributed by atoms with Crippen molar-refractivity contribution in [1.29, 1.82) is 0 Å². The van der Waals surface area contributed by atoms with E-state index in [0.717, 1.165) is 0 Å². The second kappa shape index (κ2) is 5.79. The predicted molar refractivity (Wildman–Crippen MR) is 78.8 cm³/mol.